The fraction of sp³-hybridized carbons (Fsp3) is 0.304. The molecule has 2 aromatic carbocycles. The molecule has 11 heteroatoms. The van der Waals surface area contributed by atoms with Crippen molar-refractivity contribution in [2.75, 3.05) is 6.61 Å². The van der Waals surface area contributed by atoms with E-state index in [2.05, 4.69) is 22.4 Å². The van der Waals surface area contributed by atoms with E-state index in [0.717, 1.165) is 0 Å². The number of rotatable bonds is 8. The predicted octanol–water partition coefficient (Wildman–Crippen LogP) is 4.07. The summed E-state index contributed by atoms with van der Waals surface area (Å²) < 4.78 is 24.7. The molecule has 2 aromatic rings. The Balaban J connectivity index is 1.18. The van der Waals surface area contributed by atoms with Crippen LogP contribution in [0.25, 0.3) is 0 Å². The molecule has 3 atom stereocenters. The molecule has 0 aliphatic carbocycles. The van der Waals surface area contributed by atoms with Crippen LogP contribution in [0.4, 0.5) is 4.39 Å². The fourth-order valence-corrected chi connectivity index (χ4v) is 3.78. The number of halogens is 3. The van der Waals surface area contributed by atoms with E-state index >= 15 is 0 Å². The summed E-state index contributed by atoms with van der Waals surface area (Å²) in [6.07, 6.45) is -1.16. The molecular formula is C23H22Cl2FN3O5. The first-order valence-electron chi connectivity index (χ1n) is 10.5. The summed E-state index contributed by atoms with van der Waals surface area (Å²) in [5.74, 6) is 0.207. The van der Waals surface area contributed by atoms with Crippen molar-refractivity contribution in [1.82, 2.24) is 10.6 Å². The minimum Gasteiger partial charge on any atom is -0.485 e. The lowest BCUT2D eigenvalue weighted by Crippen LogP contribution is -2.41. The number of amidine groups is 1. The van der Waals surface area contributed by atoms with E-state index in [4.69, 9.17) is 37.5 Å². The van der Waals surface area contributed by atoms with Crippen molar-refractivity contribution < 1.29 is 28.6 Å². The van der Waals surface area contributed by atoms with Crippen molar-refractivity contribution >= 4 is 34.9 Å². The molecular weight excluding hydrogens is 488 g/mol. The number of ether oxygens (including phenoxy) is 2. The molecule has 1 amide bonds. The maximum Gasteiger partial charge on any atom is 0.265 e. The number of nitrogens with one attached hydrogen (secondary N) is 2. The van der Waals surface area contributed by atoms with Crippen molar-refractivity contribution in [3.05, 3.63) is 70.1 Å². The van der Waals surface area contributed by atoms with Crippen LogP contribution in [-0.2, 0) is 9.63 Å². The molecule has 0 fully saturated rings. The monoisotopic (exact) mass is 509 g/mol. The first-order chi connectivity index (χ1) is 16.3. The van der Waals surface area contributed by atoms with Crippen molar-refractivity contribution in [2.45, 2.75) is 37.7 Å². The number of nitrogens with zero attached hydrogens (tertiary/aromatic N) is 1. The molecule has 0 spiro atoms. The lowest BCUT2D eigenvalue weighted by Gasteiger charge is -2.29. The third kappa shape index (κ3) is 5.91. The van der Waals surface area contributed by atoms with E-state index in [0.29, 0.717) is 46.5 Å². The topological polar surface area (TPSA) is 101 Å². The van der Waals surface area contributed by atoms with Gasteiger partial charge in [0.25, 0.3) is 5.91 Å². The van der Waals surface area contributed by atoms with E-state index in [1.165, 1.54) is 12.1 Å². The number of carbonyl (C=O) groups is 1. The van der Waals surface area contributed by atoms with Crippen LogP contribution < -0.4 is 20.1 Å². The molecule has 2 heterocycles. The van der Waals surface area contributed by atoms with Crippen molar-refractivity contribution in [3.63, 3.8) is 0 Å². The van der Waals surface area contributed by atoms with Gasteiger partial charge >= 0.3 is 0 Å². The summed E-state index contributed by atoms with van der Waals surface area (Å²) >= 11 is 11.6. The second-order valence-electron chi connectivity index (χ2n) is 7.81. The Morgan fingerprint density at radius 1 is 1.32 bits per heavy atom. The average molecular weight is 510 g/mol. The van der Waals surface area contributed by atoms with Crippen LogP contribution in [0.2, 0.25) is 10.0 Å². The molecule has 8 nitrogen and oxygen atoms in total. The number of fused-ring (bicyclic) bond motifs is 1. The highest BCUT2D eigenvalue weighted by atomic mass is 35.5. The molecule has 0 bridgehead atoms. The van der Waals surface area contributed by atoms with Crippen LogP contribution in [0.1, 0.15) is 30.9 Å². The number of aliphatic hydroxyl groups excluding tert-OH is 1. The third-order valence-electron chi connectivity index (χ3n) is 5.22. The van der Waals surface area contributed by atoms with E-state index in [1.54, 1.807) is 24.3 Å². The van der Waals surface area contributed by atoms with Crippen LogP contribution >= 0.6 is 23.2 Å². The molecule has 0 radical (unpaired) electrons. The molecule has 1 unspecified atom stereocenters. The third-order valence-corrected chi connectivity index (χ3v) is 5.76. The van der Waals surface area contributed by atoms with Crippen LogP contribution in [0.15, 0.2) is 53.8 Å². The smallest absolute Gasteiger partial charge is 0.265 e. The Kier molecular flexibility index (Phi) is 7.45. The average Bonchev–Trinajstić information content (AvgIpc) is 3.26. The zero-order chi connectivity index (χ0) is 24.2. The van der Waals surface area contributed by atoms with Gasteiger partial charge in [-0.05, 0) is 36.8 Å². The summed E-state index contributed by atoms with van der Waals surface area (Å²) in [5, 5.41) is 20.5. The number of benzene rings is 2. The zero-order valence-corrected chi connectivity index (χ0v) is 19.4. The molecule has 34 heavy (non-hydrogen) atoms. The van der Waals surface area contributed by atoms with Crippen molar-refractivity contribution in [3.8, 4) is 11.5 Å². The Morgan fingerprint density at radius 2 is 2.15 bits per heavy atom. The minimum absolute atomic E-state index is 0.0142. The second-order valence-corrected chi connectivity index (χ2v) is 8.66. The van der Waals surface area contributed by atoms with Gasteiger partial charge in [0, 0.05) is 35.2 Å². The standard InChI is InChI=1S/C23H22Cl2FN3O5/c1-12(27-23(31)20-10-18(30)15-8-13(24)3-6-19(15)33-20)2-7-22-28-21(29-34-22)11-32-14-4-5-16(25)17(26)9-14/h3-6,8-9,18,20,22,30H,1-2,7,10-11H2,(H,27,31)(H,28,29)/t18-,20-,22?/m1/s1. The Labute approximate surface area is 205 Å². The van der Waals surface area contributed by atoms with Gasteiger partial charge in [-0.15, -0.1) is 0 Å². The zero-order valence-electron chi connectivity index (χ0n) is 17.9. The van der Waals surface area contributed by atoms with Gasteiger partial charge in [0.05, 0.1) is 11.1 Å². The van der Waals surface area contributed by atoms with E-state index in [-0.39, 0.29) is 18.1 Å². The lowest BCUT2D eigenvalue weighted by molar-refractivity contribution is -0.129. The lowest BCUT2D eigenvalue weighted by atomic mass is 9.98. The summed E-state index contributed by atoms with van der Waals surface area (Å²) in [6, 6.07) is 9.03. The Bertz CT molecular complexity index is 1130. The van der Waals surface area contributed by atoms with Gasteiger partial charge in [-0.25, -0.2) is 4.39 Å². The normalized spacial score (nSPS) is 20.8. The van der Waals surface area contributed by atoms with Gasteiger partial charge in [-0.1, -0.05) is 34.9 Å². The van der Waals surface area contributed by atoms with Crippen molar-refractivity contribution in [1.29, 1.82) is 0 Å². The fourth-order valence-electron chi connectivity index (χ4n) is 3.48. The van der Waals surface area contributed by atoms with E-state index in [9.17, 15) is 14.3 Å². The summed E-state index contributed by atoms with van der Waals surface area (Å²) in [4.78, 5) is 17.9. The molecule has 0 aromatic heterocycles. The molecule has 4 rings (SSSR count). The molecule has 2 aliphatic rings. The first kappa shape index (κ1) is 24.1. The Hall–Kier alpha value is -3.01. The van der Waals surface area contributed by atoms with E-state index in [1.807, 2.05) is 0 Å². The Morgan fingerprint density at radius 3 is 2.94 bits per heavy atom. The number of aliphatic hydroxyl groups is 1. The van der Waals surface area contributed by atoms with Gasteiger partial charge in [0.15, 0.2) is 18.2 Å². The van der Waals surface area contributed by atoms with Crippen LogP contribution in [0, 0.1) is 5.82 Å². The highest BCUT2D eigenvalue weighted by Crippen LogP contribution is 2.36. The number of carbonyl (C=O) groups excluding carboxylic acids is 1. The molecule has 180 valence electrons. The van der Waals surface area contributed by atoms with E-state index < -0.39 is 30.2 Å². The number of oxime groups is 1. The first-order valence-corrected chi connectivity index (χ1v) is 11.2. The van der Waals surface area contributed by atoms with Crippen molar-refractivity contribution in [2.24, 2.45) is 5.16 Å². The largest absolute Gasteiger partial charge is 0.485 e. The van der Waals surface area contributed by atoms with Crippen LogP contribution in [0.3, 0.4) is 0 Å². The quantitative estimate of drug-likeness (QED) is 0.495. The molecule has 2 aliphatic heterocycles. The van der Waals surface area contributed by atoms with Crippen LogP contribution in [0.5, 0.6) is 11.5 Å². The minimum atomic E-state index is -0.857. The number of hydrogen-bond acceptors (Lipinski definition) is 7. The number of amides is 1. The number of hydrogen-bond donors (Lipinski definition) is 3. The summed E-state index contributed by atoms with van der Waals surface area (Å²) in [5.41, 5.74) is 1.03. The second kappa shape index (κ2) is 10.5. The molecule has 3 N–H and O–H groups in total. The van der Waals surface area contributed by atoms with Gasteiger partial charge in [-0.2, -0.15) is 0 Å². The highest BCUT2D eigenvalue weighted by Gasteiger charge is 2.32. The summed E-state index contributed by atoms with van der Waals surface area (Å²) in [7, 11) is 0. The highest BCUT2D eigenvalue weighted by molar-refractivity contribution is 6.31. The predicted molar refractivity (Wildman–Crippen MR) is 124 cm³/mol. The number of allylic oxidation sites excluding steroid dienone is 1. The van der Waals surface area contributed by atoms with Gasteiger partial charge < -0.3 is 30.1 Å². The SMILES string of the molecule is C=C(CCC1NC(COc2ccc(Cl)c(F)c2)=NO1)NC(=O)[C@H]1C[C@@H](O)c2cc(Cl)ccc2O1. The van der Waals surface area contributed by atoms with Gasteiger partial charge in [0.2, 0.25) is 0 Å². The molecule has 0 saturated heterocycles. The van der Waals surface area contributed by atoms with Crippen LogP contribution in [-0.4, -0.2) is 35.8 Å². The maximum atomic E-state index is 13.5. The van der Waals surface area contributed by atoms with Gasteiger partial charge in [0.1, 0.15) is 23.9 Å². The molecule has 0 saturated carbocycles. The van der Waals surface area contributed by atoms with Gasteiger partial charge in [-0.3, -0.25) is 4.79 Å². The summed E-state index contributed by atoms with van der Waals surface area (Å²) in [6.45, 7) is 3.94. The maximum absolute atomic E-state index is 13.5.